The van der Waals surface area contributed by atoms with Crippen LogP contribution in [0, 0.1) is 5.92 Å². The minimum Gasteiger partial charge on any atom is -0.379 e. The number of rotatable bonds is 8. The van der Waals surface area contributed by atoms with E-state index in [1.807, 2.05) is 29.8 Å². The number of hydrogen-bond acceptors (Lipinski definition) is 6. The number of amides is 1. The molecule has 1 amide bonds. The van der Waals surface area contributed by atoms with Gasteiger partial charge in [-0.25, -0.2) is 4.98 Å². The number of nitrogens with one attached hydrogen (secondary N) is 1. The first-order valence-electron chi connectivity index (χ1n) is 12.6. The standard InChI is InChI=1S/C27H31ClN6O2/c1-16(18-4-5-18)30-17(2)20-8-23(28)31-24(9-20)34-12-19-6-7-21(10-22(19)26(34)35)27(13-36-14-27)11-25-32-29-15-33(25)3/h6-10,15-18,30H,4-5,11-14H2,1-3H3/t16-,17+/m0/s1. The smallest absolute Gasteiger partial charge is 0.260 e. The number of pyridine rings is 1. The van der Waals surface area contributed by atoms with Gasteiger partial charge in [-0.2, -0.15) is 0 Å². The van der Waals surface area contributed by atoms with E-state index in [0.717, 1.165) is 28.4 Å². The van der Waals surface area contributed by atoms with Crippen molar-refractivity contribution in [3.63, 3.8) is 0 Å². The Kier molecular flexibility index (Phi) is 5.85. The highest BCUT2D eigenvalue weighted by atomic mass is 35.5. The summed E-state index contributed by atoms with van der Waals surface area (Å²) in [4.78, 5) is 19.8. The zero-order valence-corrected chi connectivity index (χ0v) is 21.6. The molecule has 4 heterocycles. The van der Waals surface area contributed by atoms with E-state index < -0.39 is 0 Å². The second-order valence-electron chi connectivity index (χ2n) is 10.7. The van der Waals surface area contributed by atoms with Gasteiger partial charge in [-0.3, -0.25) is 9.69 Å². The van der Waals surface area contributed by atoms with E-state index in [-0.39, 0.29) is 17.4 Å². The van der Waals surface area contributed by atoms with Crippen LogP contribution >= 0.6 is 11.6 Å². The van der Waals surface area contributed by atoms with Crippen LogP contribution in [0.25, 0.3) is 0 Å². The summed E-state index contributed by atoms with van der Waals surface area (Å²) in [5.41, 5.74) is 3.64. The Morgan fingerprint density at radius 3 is 2.69 bits per heavy atom. The summed E-state index contributed by atoms with van der Waals surface area (Å²) in [6.07, 6.45) is 5.00. The molecule has 1 aromatic carbocycles. The van der Waals surface area contributed by atoms with Crippen LogP contribution in [0.5, 0.6) is 0 Å². The molecule has 3 aromatic rings. The summed E-state index contributed by atoms with van der Waals surface area (Å²) in [5.74, 6) is 2.20. The zero-order chi connectivity index (χ0) is 25.0. The Labute approximate surface area is 216 Å². The second kappa shape index (κ2) is 8.94. The van der Waals surface area contributed by atoms with E-state index >= 15 is 0 Å². The highest BCUT2D eigenvalue weighted by molar-refractivity contribution is 6.29. The van der Waals surface area contributed by atoms with E-state index in [1.165, 1.54) is 12.8 Å². The number of anilines is 1. The predicted molar refractivity (Wildman–Crippen MR) is 137 cm³/mol. The Morgan fingerprint density at radius 2 is 2.03 bits per heavy atom. The molecule has 1 aliphatic carbocycles. The van der Waals surface area contributed by atoms with E-state index in [4.69, 9.17) is 16.3 Å². The summed E-state index contributed by atoms with van der Waals surface area (Å²) in [6, 6.07) is 10.7. The molecule has 36 heavy (non-hydrogen) atoms. The van der Waals surface area contributed by atoms with Crippen molar-refractivity contribution in [2.75, 3.05) is 18.1 Å². The van der Waals surface area contributed by atoms with Gasteiger partial charge < -0.3 is 14.6 Å². The van der Waals surface area contributed by atoms with Crippen LogP contribution in [0.3, 0.4) is 0 Å². The molecule has 1 N–H and O–H groups in total. The lowest BCUT2D eigenvalue weighted by atomic mass is 9.75. The van der Waals surface area contributed by atoms with Crippen molar-refractivity contribution < 1.29 is 9.53 Å². The SMILES string of the molecule is C[C@H](N[C@H](C)c1cc(Cl)nc(N2Cc3ccc(C4(Cc5nncn5C)COC4)cc3C2=O)c1)C1CC1. The van der Waals surface area contributed by atoms with E-state index in [1.54, 1.807) is 11.2 Å². The third-order valence-corrected chi connectivity index (χ3v) is 8.20. The third kappa shape index (κ3) is 4.21. The highest BCUT2D eigenvalue weighted by Gasteiger charge is 2.43. The summed E-state index contributed by atoms with van der Waals surface area (Å²) in [7, 11) is 1.95. The molecule has 9 heteroatoms. The van der Waals surface area contributed by atoms with E-state index in [9.17, 15) is 4.79 Å². The average molecular weight is 507 g/mol. The van der Waals surface area contributed by atoms with Crippen LogP contribution in [0.1, 0.15) is 65.6 Å². The first-order chi connectivity index (χ1) is 17.3. The van der Waals surface area contributed by atoms with Gasteiger partial charge in [-0.05, 0) is 67.5 Å². The van der Waals surface area contributed by atoms with Crippen molar-refractivity contribution in [1.82, 2.24) is 25.1 Å². The fraction of sp³-hybridized carbons (Fsp3) is 0.481. The summed E-state index contributed by atoms with van der Waals surface area (Å²) in [6.45, 7) is 6.05. The number of hydrogen-bond donors (Lipinski definition) is 1. The number of benzene rings is 1. The van der Waals surface area contributed by atoms with Gasteiger partial charge in [0, 0.05) is 36.5 Å². The Morgan fingerprint density at radius 1 is 1.22 bits per heavy atom. The minimum absolute atomic E-state index is 0.0476. The van der Waals surface area contributed by atoms with Gasteiger partial charge in [-0.1, -0.05) is 23.7 Å². The first kappa shape index (κ1) is 23.6. The first-order valence-corrected chi connectivity index (χ1v) is 13.0. The zero-order valence-electron chi connectivity index (χ0n) is 20.9. The Hall–Kier alpha value is -2.81. The number of carbonyl (C=O) groups excluding carboxylic acids is 1. The summed E-state index contributed by atoms with van der Waals surface area (Å²) >= 11 is 6.43. The maximum absolute atomic E-state index is 13.6. The maximum atomic E-state index is 13.6. The van der Waals surface area contributed by atoms with Gasteiger partial charge >= 0.3 is 0 Å². The average Bonchev–Trinajstić information content (AvgIpc) is 3.54. The molecule has 2 fully saturated rings. The molecular weight excluding hydrogens is 476 g/mol. The molecule has 1 saturated heterocycles. The van der Waals surface area contributed by atoms with Gasteiger partial charge in [0.15, 0.2) is 0 Å². The largest absolute Gasteiger partial charge is 0.379 e. The number of aromatic nitrogens is 4. The van der Waals surface area contributed by atoms with Crippen LogP contribution in [0.2, 0.25) is 5.15 Å². The normalized spacial score (nSPS) is 20.2. The molecule has 1 saturated carbocycles. The van der Waals surface area contributed by atoms with Crippen molar-refractivity contribution in [3.8, 4) is 0 Å². The number of fused-ring (bicyclic) bond motifs is 1. The molecule has 2 aliphatic heterocycles. The highest BCUT2D eigenvalue weighted by Crippen LogP contribution is 2.39. The van der Waals surface area contributed by atoms with Crippen LogP contribution in [-0.2, 0) is 30.2 Å². The van der Waals surface area contributed by atoms with Crippen molar-refractivity contribution in [2.24, 2.45) is 13.0 Å². The molecule has 188 valence electrons. The Balaban J connectivity index is 1.25. The number of aryl methyl sites for hydroxylation is 1. The molecular formula is C27H31ClN6O2. The third-order valence-electron chi connectivity index (χ3n) is 8.01. The minimum atomic E-state index is -0.204. The number of ether oxygens (including phenoxy) is 1. The van der Waals surface area contributed by atoms with E-state index in [2.05, 4.69) is 46.5 Å². The molecule has 0 unspecified atom stereocenters. The second-order valence-corrected chi connectivity index (χ2v) is 11.1. The number of carbonyl (C=O) groups is 1. The van der Waals surface area contributed by atoms with Gasteiger partial charge in [0.25, 0.3) is 5.91 Å². The molecule has 2 aromatic heterocycles. The van der Waals surface area contributed by atoms with Crippen LogP contribution in [0.15, 0.2) is 36.7 Å². The quantitative estimate of drug-likeness (QED) is 0.465. The maximum Gasteiger partial charge on any atom is 0.260 e. The topological polar surface area (TPSA) is 85.2 Å². The summed E-state index contributed by atoms with van der Waals surface area (Å²) < 4.78 is 7.56. The monoisotopic (exact) mass is 506 g/mol. The van der Waals surface area contributed by atoms with Crippen molar-refractivity contribution in [2.45, 2.75) is 57.2 Å². The van der Waals surface area contributed by atoms with Crippen LogP contribution in [0.4, 0.5) is 5.82 Å². The van der Waals surface area contributed by atoms with Gasteiger partial charge in [0.2, 0.25) is 0 Å². The van der Waals surface area contributed by atoms with Crippen molar-refractivity contribution in [1.29, 1.82) is 0 Å². The summed E-state index contributed by atoms with van der Waals surface area (Å²) in [5, 5.41) is 12.4. The molecule has 2 atom stereocenters. The molecule has 3 aliphatic rings. The lowest BCUT2D eigenvalue weighted by molar-refractivity contribution is -0.0611. The molecule has 8 nitrogen and oxygen atoms in total. The lowest BCUT2D eigenvalue weighted by Gasteiger charge is -2.41. The number of halogens is 1. The Bertz CT molecular complexity index is 1320. The van der Waals surface area contributed by atoms with E-state index in [0.29, 0.717) is 48.8 Å². The fourth-order valence-electron chi connectivity index (χ4n) is 5.42. The predicted octanol–water partition coefficient (Wildman–Crippen LogP) is 3.98. The van der Waals surface area contributed by atoms with Crippen molar-refractivity contribution in [3.05, 3.63) is 69.9 Å². The molecule has 0 radical (unpaired) electrons. The van der Waals surface area contributed by atoms with Crippen LogP contribution < -0.4 is 10.2 Å². The molecule has 0 spiro atoms. The molecule has 0 bridgehead atoms. The fourth-order valence-corrected chi connectivity index (χ4v) is 5.63. The van der Waals surface area contributed by atoms with Gasteiger partial charge in [0.05, 0.1) is 19.8 Å². The van der Waals surface area contributed by atoms with Gasteiger partial charge in [0.1, 0.15) is 23.1 Å². The molecule has 6 rings (SSSR count). The van der Waals surface area contributed by atoms with Gasteiger partial charge in [-0.15, -0.1) is 10.2 Å². The number of nitrogens with zero attached hydrogens (tertiary/aromatic N) is 5. The van der Waals surface area contributed by atoms with Crippen molar-refractivity contribution >= 4 is 23.3 Å². The van der Waals surface area contributed by atoms with Crippen LogP contribution in [-0.4, -0.2) is 44.9 Å². The lowest BCUT2D eigenvalue weighted by Crippen LogP contribution is -2.49.